The molecule has 30 heavy (non-hydrogen) atoms. The molecule has 2 atom stereocenters. The molecule has 1 aromatic carbocycles. The smallest absolute Gasteiger partial charge is 0.246 e. The summed E-state index contributed by atoms with van der Waals surface area (Å²) in [7, 11) is -3.76. The first-order chi connectivity index (χ1) is 14.4. The average molecular weight is 474 g/mol. The second kappa shape index (κ2) is 9.33. The van der Waals surface area contributed by atoms with E-state index in [9.17, 15) is 13.2 Å². The van der Waals surface area contributed by atoms with Gasteiger partial charge in [-0.05, 0) is 43.7 Å². The number of rotatable bonds is 4. The van der Waals surface area contributed by atoms with Crippen LogP contribution in [0.25, 0.3) is 0 Å². The number of sulfonamides is 1. The Labute approximate surface area is 189 Å². The van der Waals surface area contributed by atoms with Crippen LogP contribution in [0, 0.1) is 5.92 Å². The van der Waals surface area contributed by atoms with Crippen LogP contribution in [-0.4, -0.2) is 73.7 Å². The average Bonchev–Trinajstić information content (AvgIpc) is 2.73. The van der Waals surface area contributed by atoms with E-state index in [4.69, 9.17) is 23.2 Å². The minimum absolute atomic E-state index is 0.0329. The van der Waals surface area contributed by atoms with E-state index >= 15 is 0 Å². The van der Waals surface area contributed by atoms with Crippen molar-refractivity contribution in [1.82, 2.24) is 14.1 Å². The third kappa shape index (κ3) is 4.51. The van der Waals surface area contributed by atoms with E-state index in [1.165, 1.54) is 42.1 Å². The Balaban J connectivity index is 1.36. The van der Waals surface area contributed by atoms with Crippen LogP contribution >= 0.6 is 23.2 Å². The van der Waals surface area contributed by atoms with E-state index in [2.05, 4.69) is 9.80 Å². The van der Waals surface area contributed by atoms with Crippen LogP contribution in [0.4, 0.5) is 0 Å². The summed E-state index contributed by atoms with van der Waals surface area (Å²) in [6.45, 7) is 2.92. The molecule has 1 saturated carbocycles. The monoisotopic (exact) mass is 473 g/mol. The Morgan fingerprint density at radius 3 is 2.27 bits per heavy atom. The summed E-state index contributed by atoms with van der Waals surface area (Å²) in [5, 5.41) is 0.263. The molecule has 3 aliphatic rings. The van der Waals surface area contributed by atoms with Gasteiger partial charge in [-0.3, -0.25) is 9.69 Å². The van der Waals surface area contributed by atoms with Crippen molar-refractivity contribution in [2.45, 2.75) is 49.5 Å². The summed E-state index contributed by atoms with van der Waals surface area (Å²) in [6, 6.07) is 5.10. The lowest BCUT2D eigenvalue weighted by Crippen LogP contribution is -2.55. The molecule has 4 rings (SSSR count). The van der Waals surface area contributed by atoms with E-state index < -0.39 is 10.0 Å². The van der Waals surface area contributed by atoms with Crippen LogP contribution in [-0.2, 0) is 14.8 Å². The molecule has 0 aromatic heterocycles. The maximum absolute atomic E-state index is 13.0. The van der Waals surface area contributed by atoms with Gasteiger partial charge in [0.25, 0.3) is 0 Å². The molecule has 6 nitrogen and oxygen atoms in total. The first-order valence-corrected chi connectivity index (χ1v) is 13.0. The lowest BCUT2D eigenvalue weighted by atomic mass is 9.78. The fourth-order valence-corrected chi connectivity index (χ4v) is 7.72. The molecule has 166 valence electrons. The predicted molar refractivity (Wildman–Crippen MR) is 118 cm³/mol. The SMILES string of the molecule is O=C(CN1CCN(S(=O)(=O)c2c(Cl)cccc2Cl)CC1)N1CCCC2CCCCC21. The highest BCUT2D eigenvalue weighted by Gasteiger charge is 2.37. The summed E-state index contributed by atoms with van der Waals surface area (Å²) >= 11 is 12.2. The van der Waals surface area contributed by atoms with Crippen molar-refractivity contribution in [1.29, 1.82) is 0 Å². The van der Waals surface area contributed by atoms with Gasteiger partial charge in [-0.25, -0.2) is 8.42 Å². The highest BCUT2D eigenvalue weighted by Crippen LogP contribution is 2.35. The Bertz CT molecular complexity index is 865. The number of halogens is 2. The minimum Gasteiger partial charge on any atom is -0.338 e. The van der Waals surface area contributed by atoms with Gasteiger partial charge in [-0.2, -0.15) is 4.31 Å². The molecule has 0 bridgehead atoms. The van der Waals surface area contributed by atoms with E-state index in [-0.39, 0.29) is 20.8 Å². The molecule has 1 aliphatic carbocycles. The minimum atomic E-state index is -3.76. The Morgan fingerprint density at radius 2 is 1.57 bits per heavy atom. The molecule has 1 amide bonds. The van der Waals surface area contributed by atoms with Crippen LogP contribution in [0.1, 0.15) is 38.5 Å². The fraction of sp³-hybridized carbons (Fsp3) is 0.667. The quantitative estimate of drug-likeness (QED) is 0.671. The second-order valence-corrected chi connectivity index (χ2v) is 11.3. The van der Waals surface area contributed by atoms with E-state index in [1.807, 2.05) is 0 Å². The normalized spacial score (nSPS) is 26.4. The Morgan fingerprint density at radius 1 is 0.933 bits per heavy atom. The number of hydrogen-bond acceptors (Lipinski definition) is 4. The van der Waals surface area contributed by atoms with Crippen molar-refractivity contribution in [3.63, 3.8) is 0 Å². The zero-order valence-corrected chi connectivity index (χ0v) is 19.4. The van der Waals surface area contributed by atoms with Gasteiger partial charge in [0.05, 0.1) is 16.6 Å². The van der Waals surface area contributed by atoms with Crippen molar-refractivity contribution < 1.29 is 13.2 Å². The van der Waals surface area contributed by atoms with E-state index in [1.54, 1.807) is 6.07 Å². The van der Waals surface area contributed by atoms with Crippen LogP contribution in [0.5, 0.6) is 0 Å². The Kier molecular flexibility index (Phi) is 6.95. The van der Waals surface area contributed by atoms with Gasteiger partial charge in [0, 0.05) is 38.8 Å². The summed E-state index contributed by atoms with van der Waals surface area (Å²) in [6.07, 6.45) is 7.21. The summed E-state index contributed by atoms with van der Waals surface area (Å²) < 4.78 is 27.5. The molecule has 2 heterocycles. The zero-order chi connectivity index (χ0) is 21.3. The molecule has 1 aromatic rings. The molecular formula is C21H29Cl2N3O3S. The molecular weight excluding hydrogens is 445 g/mol. The maximum Gasteiger partial charge on any atom is 0.246 e. The van der Waals surface area contributed by atoms with Gasteiger partial charge >= 0.3 is 0 Å². The standard InChI is InChI=1S/C21H29Cl2N3O3S/c22-17-7-3-8-18(23)21(17)30(28,29)25-13-11-24(12-14-25)15-20(27)26-10-4-6-16-5-1-2-9-19(16)26/h3,7-8,16,19H,1-2,4-6,9-15H2. The van der Waals surface area contributed by atoms with Gasteiger partial charge in [0.2, 0.25) is 15.9 Å². The van der Waals surface area contributed by atoms with Gasteiger partial charge in [-0.15, -0.1) is 0 Å². The third-order valence-corrected chi connectivity index (χ3v) is 9.63. The van der Waals surface area contributed by atoms with Gasteiger partial charge in [-0.1, -0.05) is 42.1 Å². The molecule has 3 fully saturated rings. The molecule has 0 N–H and O–H groups in total. The van der Waals surface area contributed by atoms with Crippen molar-refractivity contribution >= 4 is 39.1 Å². The van der Waals surface area contributed by atoms with Crippen LogP contribution in [0.3, 0.4) is 0 Å². The first kappa shape index (κ1) is 22.3. The highest BCUT2D eigenvalue weighted by atomic mass is 35.5. The first-order valence-electron chi connectivity index (χ1n) is 10.8. The number of piperazine rings is 1. The predicted octanol–water partition coefficient (Wildman–Crippen LogP) is 3.48. The number of benzene rings is 1. The number of carbonyl (C=O) groups is 1. The lowest BCUT2D eigenvalue weighted by Gasteiger charge is -2.45. The largest absolute Gasteiger partial charge is 0.338 e. The molecule has 2 unspecified atom stereocenters. The van der Waals surface area contributed by atoms with Crippen molar-refractivity contribution in [3.8, 4) is 0 Å². The van der Waals surface area contributed by atoms with Crippen molar-refractivity contribution in [2.24, 2.45) is 5.92 Å². The molecule has 0 spiro atoms. The van der Waals surface area contributed by atoms with Gasteiger partial charge < -0.3 is 4.90 Å². The van der Waals surface area contributed by atoms with Crippen LogP contribution in [0.2, 0.25) is 10.0 Å². The Hall–Kier alpha value is -0.860. The summed E-state index contributed by atoms with van der Waals surface area (Å²) in [5.41, 5.74) is 0. The number of carbonyl (C=O) groups excluding carboxylic acids is 1. The van der Waals surface area contributed by atoms with Gasteiger partial charge in [0.15, 0.2) is 0 Å². The molecule has 0 radical (unpaired) electrons. The highest BCUT2D eigenvalue weighted by molar-refractivity contribution is 7.89. The van der Waals surface area contributed by atoms with Crippen molar-refractivity contribution in [2.75, 3.05) is 39.3 Å². The van der Waals surface area contributed by atoms with Gasteiger partial charge in [0.1, 0.15) is 4.90 Å². The van der Waals surface area contributed by atoms with Crippen LogP contribution in [0.15, 0.2) is 23.1 Å². The van der Waals surface area contributed by atoms with E-state index in [0.717, 1.165) is 19.4 Å². The molecule has 2 saturated heterocycles. The number of amides is 1. The number of piperidine rings is 1. The van der Waals surface area contributed by atoms with Crippen LogP contribution < -0.4 is 0 Å². The maximum atomic E-state index is 13.0. The topological polar surface area (TPSA) is 60.9 Å². The fourth-order valence-electron chi connectivity index (χ4n) is 5.20. The van der Waals surface area contributed by atoms with Crippen molar-refractivity contribution in [3.05, 3.63) is 28.2 Å². The zero-order valence-electron chi connectivity index (χ0n) is 17.1. The number of hydrogen-bond donors (Lipinski definition) is 0. The number of likely N-dealkylation sites (tertiary alicyclic amines) is 1. The second-order valence-electron chi connectivity index (χ2n) is 8.57. The summed E-state index contributed by atoms with van der Waals surface area (Å²) in [5.74, 6) is 0.857. The number of fused-ring (bicyclic) bond motifs is 1. The lowest BCUT2D eigenvalue weighted by molar-refractivity contribution is -0.139. The summed E-state index contributed by atoms with van der Waals surface area (Å²) in [4.78, 5) is 17.2. The third-order valence-electron chi connectivity index (χ3n) is 6.77. The molecule has 2 aliphatic heterocycles. The molecule has 9 heteroatoms. The number of nitrogens with zero attached hydrogens (tertiary/aromatic N) is 3. The van der Waals surface area contributed by atoms with E-state index in [0.29, 0.717) is 44.7 Å².